The lowest BCUT2D eigenvalue weighted by molar-refractivity contribution is -0.385. The molecular weight excluding hydrogens is 310 g/mol. The third-order valence-corrected chi connectivity index (χ3v) is 4.21. The summed E-state index contributed by atoms with van der Waals surface area (Å²) in [7, 11) is 0. The molecule has 2 N–H and O–H groups in total. The van der Waals surface area contributed by atoms with Crippen molar-refractivity contribution >= 4 is 17.4 Å². The molecule has 1 fully saturated rings. The highest BCUT2D eigenvalue weighted by Crippen LogP contribution is 2.31. The van der Waals surface area contributed by atoms with Crippen LogP contribution in [0, 0.1) is 10.1 Å². The van der Waals surface area contributed by atoms with Gasteiger partial charge in [-0.2, -0.15) is 0 Å². The van der Waals surface area contributed by atoms with Crippen molar-refractivity contribution in [3.8, 4) is 0 Å². The predicted octanol–water partition coefficient (Wildman–Crippen LogP) is 1.87. The second-order valence-electron chi connectivity index (χ2n) is 5.76. The van der Waals surface area contributed by atoms with Gasteiger partial charge in [-0.15, -0.1) is 0 Å². The number of nitro groups is 1. The molecule has 3 rings (SSSR count). The van der Waals surface area contributed by atoms with E-state index in [0.29, 0.717) is 12.4 Å². The van der Waals surface area contributed by atoms with Gasteiger partial charge in [0.15, 0.2) is 0 Å². The number of rotatable bonds is 4. The number of amides is 1. The van der Waals surface area contributed by atoms with Crippen LogP contribution in [-0.2, 0) is 0 Å². The highest BCUT2D eigenvalue weighted by Gasteiger charge is 2.26. The molecular formula is C16H17N5O3. The molecule has 24 heavy (non-hydrogen) atoms. The lowest BCUT2D eigenvalue weighted by Crippen LogP contribution is -2.36. The van der Waals surface area contributed by atoms with Crippen molar-refractivity contribution in [3.05, 3.63) is 58.0 Å². The summed E-state index contributed by atoms with van der Waals surface area (Å²) in [4.78, 5) is 32.3. The van der Waals surface area contributed by atoms with E-state index in [1.165, 1.54) is 6.07 Å². The van der Waals surface area contributed by atoms with Gasteiger partial charge in [-0.1, -0.05) is 6.07 Å². The zero-order valence-electron chi connectivity index (χ0n) is 13.0. The van der Waals surface area contributed by atoms with Crippen LogP contribution in [0.25, 0.3) is 0 Å². The average molecular weight is 327 g/mol. The topological polar surface area (TPSA) is 115 Å². The average Bonchev–Trinajstić information content (AvgIpc) is 2.62. The van der Waals surface area contributed by atoms with Gasteiger partial charge in [0.2, 0.25) is 0 Å². The van der Waals surface area contributed by atoms with Crippen LogP contribution in [0.4, 0.5) is 11.5 Å². The molecule has 0 unspecified atom stereocenters. The molecule has 0 radical (unpaired) electrons. The molecule has 2 aromatic heterocycles. The number of piperidine rings is 1. The molecule has 124 valence electrons. The molecule has 2 aromatic rings. The number of anilines is 1. The van der Waals surface area contributed by atoms with Crippen LogP contribution >= 0.6 is 0 Å². The van der Waals surface area contributed by atoms with Crippen molar-refractivity contribution in [1.29, 1.82) is 0 Å². The van der Waals surface area contributed by atoms with Gasteiger partial charge in [0, 0.05) is 37.5 Å². The number of hydrogen-bond donors (Lipinski definition) is 1. The Labute approximate surface area is 138 Å². The molecule has 3 heterocycles. The van der Waals surface area contributed by atoms with E-state index in [2.05, 4.69) is 9.97 Å². The van der Waals surface area contributed by atoms with Crippen LogP contribution in [0.1, 0.15) is 34.7 Å². The maximum absolute atomic E-state index is 11.7. The largest absolute Gasteiger partial charge is 0.365 e. The first-order chi connectivity index (χ1) is 11.6. The van der Waals surface area contributed by atoms with E-state index in [0.717, 1.165) is 31.1 Å². The summed E-state index contributed by atoms with van der Waals surface area (Å²) >= 11 is 0. The van der Waals surface area contributed by atoms with E-state index in [1.807, 2.05) is 23.2 Å². The number of primary amides is 1. The Morgan fingerprint density at radius 1 is 1.42 bits per heavy atom. The second kappa shape index (κ2) is 6.61. The minimum Gasteiger partial charge on any atom is -0.365 e. The van der Waals surface area contributed by atoms with Gasteiger partial charge in [-0.25, -0.2) is 4.98 Å². The fourth-order valence-electron chi connectivity index (χ4n) is 3.04. The van der Waals surface area contributed by atoms with E-state index >= 15 is 0 Å². The molecule has 8 heteroatoms. The molecule has 0 aliphatic carbocycles. The third kappa shape index (κ3) is 3.17. The minimum atomic E-state index is -0.718. The van der Waals surface area contributed by atoms with E-state index in [9.17, 15) is 14.9 Å². The van der Waals surface area contributed by atoms with E-state index in [4.69, 9.17) is 5.73 Å². The molecule has 0 aromatic carbocycles. The summed E-state index contributed by atoms with van der Waals surface area (Å²) in [5, 5.41) is 10.9. The van der Waals surface area contributed by atoms with Gasteiger partial charge < -0.3 is 10.6 Å². The Hall–Kier alpha value is -3.03. The first-order valence-corrected chi connectivity index (χ1v) is 7.65. The molecule has 1 aliphatic rings. The number of aromatic nitrogens is 2. The van der Waals surface area contributed by atoms with Crippen molar-refractivity contribution in [2.45, 2.75) is 18.8 Å². The van der Waals surface area contributed by atoms with Crippen molar-refractivity contribution in [2.75, 3.05) is 18.0 Å². The van der Waals surface area contributed by atoms with Crippen molar-refractivity contribution in [3.63, 3.8) is 0 Å². The Morgan fingerprint density at radius 3 is 2.92 bits per heavy atom. The standard InChI is InChI=1S/C16H17N5O3/c17-15(22)14-7-13(21(23)24)9-19-16(14)20-6-2-4-12(10-20)11-3-1-5-18-8-11/h1,3,5,7-9,12H,2,4,6,10H2,(H2,17,22)/t12-/m1/s1. The van der Waals surface area contributed by atoms with Gasteiger partial charge in [-0.05, 0) is 24.5 Å². The summed E-state index contributed by atoms with van der Waals surface area (Å²) in [6, 6.07) is 5.12. The maximum atomic E-state index is 11.7. The summed E-state index contributed by atoms with van der Waals surface area (Å²) in [5.41, 5.74) is 6.36. The Bertz CT molecular complexity index is 766. The number of nitrogens with zero attached hydrogens (tertiary/aromatic N) is 4. The summed E-state index contributed by atoms with van der Waals surface area (Å²) in [6.07, 6.45) is 6.67. The van der Waals surface area contributed by atoms with Crippen LogP contribution in [-0.4, -0.2) is 33.9 Å². The quantitative estimate of drug-likeness (QED) is 0.677. The first-order valence-electron chi connectivity index (χ1n) is 7.65. The van der Waals surface area contributed by atoms with Gasteiger partial charge in [0.25, 0.3) is 11.6 Å². The van der Waals surface area contributed by atoms with Crippen LogP contribution in [0.2, 0.25) is 0 Å². The van der Waals surface area contributed by atoms with Crippen LogP contribution in [0.3, 0.4) is 0 Å². The van der Waals surface area contributed by atoms with Crippen molar-refractivity contribution in [2.24, 2.45) is 5.73 Å². The van der Waals surface area contributed by atoms with E-state index < -0.39 is 10.8 Å². The fourth-order valence-corrected chi connectivity index (χ4v) is 3.04. The Balaban J connectivity index is 1.90. The second-order valence-corrected chi connectivity index (χ2v) is 5.76. The molecule has 0 bridgehead atoms. The number of nitrogens with two attached hydrogens (primary N) is 1. The van der Waals surface area contributed by atoms with Crippen molar-refractivity contribution < 1.29 is 9.72 Å². The molecule has 0 spiro atoms. The maximum Gasteiger partial charge on any atom is 0.288 e. The van der Waals surface area contributed by atoms with E-state index in [-0.39, 0.29) is 17.2 Å². The number of carbonyl (C=O) groups excluding carboxylic acids is 1. The molecule has 0 saturated carbocycles. The fraction of sp³-hybridized carbons (Fsp3) is 0.312. The summed E-state index contributed by atoms with van der Waals surface area (Å²) in [5.74, 6) is -0.0449. The minimum absolute atomic E-state index is 0.0797. The van der Waals surface area contributed by atoms with Gasteiger partial charge >= 0.3 is 0 Å². The summed E-state index contributed by atoms with van der Waals surface area (Å²) in [6.45, 7) is 1.39. The SMILES string of the molecule is NC(=O)c1cc([N+](=O)[O-])cnc1N1CCC[C@@H](c2cccnc2)C1. The monoisotopic (exact) mass is 327 g/mol. The normalized spacial score (nSPS) is 17.5. The molecule has 1 aliphatic heterocycles. The Morgan fingerprint density at radius 2 is 2.25 bits per heavy atom. The third-order valence-electron chi connectivity index (χ3n) is 4.21. The summed E-state index contributed by atoms with van der Waals surface area (Å²) < 4.78 is 0. The lowest BCUT2D eigenvalue weighted by Gasteiger charge is -2.34. The first kappa shape index (κ1) is 15.9. The zero-order chi connectivity index (χ0) is 17.1. The zero-order valence-corrected chi connectivity index (χ0v) is 13.0. The van der Waals surface area contributed by atoms with Crippen LogP contribution in [0.5, 0.6) is 0 Å². The van der Waals surface area contributed by atoms with Gasteiger partial charge in [-0.3, -0.25) is 19.9 Å². The number of hydrogen-bond acceptors (Lipinski definition) is 6. The lowest BCUT2D eigenvalue weighted by atomic mass is 9.91. The predicted molar refractivity (Wildman–Crippen MR) is 87.8 cm³/mol. The molecule has 8 nitrogen and oxygen atoms in total. The Kier molecular flexibility index (Phi) is 4.37. The highest BCUT2D eigenvalue weighted by atomic mass is 16.6. The highest BCUT2D eigenvalue weighted by molar-refractivity contribution is 5.98. The number of pyridine rings is 2. The molecule has 1 saturated heterocycles. The van der Waals surface area contributed by atoms with Gasteiger partial charge in [0.05, 0.1) is 10.5 Å². The van der Waals surface area contributed by atoms with E-state index in [1.54, 1.807) is 6.20 Å². The van der Waals surface area contributed by atoms with Crippen molar-refractivity contribution in [1.82, 2.24) is 9.97 Å². The molecule has 1 amide bonds. The number of carbonyl (C=O) groups is 1. The smallest absolute Gasteiger partial charge is 0.288 e. The van der Waals surface area contributed by atoms with Crippen LogP contribution in [0.15, 0.2) is 36.8 Å². The molecule has 1 atom stereocenters. The van der Waals surface area contributed by atoms with Gasteiger partial charge in [0.1, 0.15) is 12.0 Å². The van der Waals surface area contributed by atoms with Crippen LogP contribution < -0.4 is 10.6 Å².